The van der Waals surface area contributed by atoms with Crippen LogP contribution in [0.3, 0.4) is 0 Å². The van der Waals surface area contributed by atoms with Crippen molar-refractivity contribution in [3.63, 3.8) is 0 Å². The van der Waals surface area contributed by atoms with Gasteiger partial charge in [0.05, 0.1) is 5.56 Å². The number of rotatable bonds is 5. The monoisotopic (exact) mass is 531 g/mol. The van der Waals surface area contributed by atoms with E-state index in [4.69, 9.17) is 5.73 Å². The van der Waals surface area contributed by atoms with Gasteiger partial charge in [-0.1, -0.05) is 12.1 Å². The van der Waals surface area contributed by atoms with Crippen LogP contribution in [0.25, 0.3) is 0 Å². The lowest BCUT2D eigenvalue weighted by atomic mass is 9.60. The van der Waals surface area contributed by atoms with Gasteiger partial charge < -0.3 is 20.9 Å². The number of nitrogens with one attached hydrogen (secondary N) is 1. The van der Waals surface area contributed by atoms with Crippen molar-refractivity contribution in [2.75, 3.05) is 31.1 Å². The fraction of sp³-hybridized carbons (Fsp3) is 0.538. The van der Waals surface area contributed by atoms with Crippen LogP contribution in [0.1, 0.15) is 48.2 Å². The zero-order valence-corrected chi connectivity index (χ0v) is 21.4. The number of carbonyl (C=O) groups is 2. The Balaban J connectivity index is 1.07. The van der Waals surface area contributed by atoms with Crippen molar-refractivity contribution in [1.82, 2.24) is 25.1 Å². The number of piperazine rings is 1. The Hall–Kier alpha value is -3.41. The molecule has 0 bridgehead atoms. The maximum Gasteiger partial charge on any atom is 0.419 e. The second-order valence-electron chi connectivity index (χ2n) is 11.0. The molecule has 1 saturated carbocycles. The quantitative estimate of drug-likeness (QED) is 0.615. The molecule has 0 radical (unpaired) electrons. The van der Waals surface area contributed by atoms with Gasteiger partial charge in [0.15, 0.2) is 0 Å². The number of nitrogens with zero attached hydrogens (tertiary/aromatic N) is 5. The molecule has 0 unspecified atom stereocenters. The first-order valence-electron chi connectivity index (χ1n) is 12.8. The summed E-state index contributed by atoms with van der Waals surface area (Å²) in [5.41, 5.74) is 6.31. The van der Waals surface area contributed by atoms with Crippen LogP contribution in [0.5, 0.6) is 0 Å². The van der Waals surface area contributed by atoms with E-state index in [1.54, 1.807) is 12.1 Å². The first-order chi connectivity index (χ1) is 17.9. The van der Waals surface area contributed by atoms with E-state index in [9.17, 15) is 22.8 Å². The van der Waals surface area contributed by atoms with Crippen molar-refractivity contribution in [3.05, 3.63) is 53.3 Å². The van der Waals surface area contributed by atoms with Crippen LogP contribution in [0.15, 0.2) is 36.7 Å². The first-order valence-corrected chi connectivity index (χ1v) is 12.8. The highest BCUT2D eigenvalue weighted by molar-refractivity contribution is 5.92. The van der Waals surface area contributed by atoms with Gasteiger partial charge in [-0.25, -0.2) is 14.8 Å². The number of halogens is 3. The largest absolute Gasteiger partial charge is 0.419 e. The number of benzene rings is 1. The van der Waals surface area contributed by atoms with Gasteiger partial charge in [-0.15, -0.1) is 0 Å². The Morgan fingerprint density at radius 1 is 1.05 bits per heavy atom. The molecule has 3 amide bonds. The summed E-state index contributed by atoms with van der Waals surface area (Å²) in [4.78, 5) is 38.2. The summed E-state index contributed by atoms with van der Waals surface area (Å²) in [6, 6.07) is 7.08. The average molecular weight is 532 g/mol. The molecule has 3 heterocycles. The number of alkyl halides is 3. The van der Waals surface area contributed by atoms with Crippen molar-refractivity contribution in [2.24, 2.45) is 11.1 Å². The van der Waals surface area contributed by atoms with E-state index in [-0.39, 0.29) is 35.5 Å². The maximum absolute atomic E-state index is 13.1. The molecule has 1 aliphatic carbocycles. The highest BCUT2D eigenvalue weighted by atomic mass is 19.4. The molecule has 3 fully saturated rings. The highest BCUT2D eigenvalue weighted by Gasteiger charge is 2.52. The molecule has 2 saturated heterocycles. The van der Waals surface area contributed by atoms with Gasteiger partial charge in [0.1, 0.15) is 0 Å². The van der Waals surface area contributed by atoms with Crippen molar-refractivity contribution in [1.29, 1.82) is 0 Å². The molecule has 9 nitrogen and oxygen atoms in total. The van der Waals surface area contributed by atoms with Crippen molar-refractivity contribution >= 4 is 17.9 Å². The summed E-state index contributed by atoms with van der Waals surface area (Å²) in [5, 5.41) is 3.18. The number of aromatic nitrogens is 2. The lowest BCUT2D eigenvalue weighted by molar-refractivity contribution is -0.138. The van der Waals surface area contributed by atoms with E-state index in [0.717, 1.165) is 50.4 Å². The molecule has 1 spiro atoms. The first kappa shape index (κ1) is 26.2. The summed E-state index contributed by atoms with van der Waals surface area (Å²) < 4.78 is 38.5. The summed E-state index contributed by atoms with van der Waals surface area (Å²) in [7, 11) is 0. The number of amides is 3. The molecule has 2 aromatic rings. The topological polar surface area (TPSA) is 108 Å². The fourth-order valence-electron chi connectivity index (χ4n) is 6.16. The third-order valence-corrected chi connectivity index (χ3v) is 7.85. The van der Waals surface area contributed by atoms with E-state index < -0.39 is 17.6 Å². The molecule has 38 heavy (non-hydrogen) atoms. The third kappa shape index (κ3) is 5.27. The second-order valence-corrected chi connectivity index (χ2v) is 11.0. The average Bonchev–Trinajstić information content (AvgIpc) is 2.80. The van der Waals surface area contributed by atoms with Gasteiger partial charge in [-0.3, -0.25) is 9.69 Å². The Bertz CT molecular complexity index is 1160. The number of anilines is 1. The van der Waals surface area contributed by atoms with Crippen LogP contribution in [-0.2, 0) is 12.7 Å². The highest BCUT2D eigenvalue weighted by Crippen LogP contribution is 2.48. The summed E-state index contributed by atoms with van der Waals surface area (Å²) in [6.45, 7) is 7.51. The summed E-state index contributed by atoms with van der Waals surface area (Å²) >= 11 is 0. The summed E-state index contributed by atoms with van der Waals surface area (Å²) in [5.74, 6) is -0.197. The number of carbonyl (C=O) groups excluding carboxylic acids is 2. The molecule has 1 aromatic carbocycles. The van der Waals surface area contributed by atoms with Crippen LogP contribution in [-0.4, -0.2) is 76.0 Å². The number of nitrogens with two attached hydrogens (primary N) is 1. The SMILES string of the molecule is C[C@@H]1CN(c2ncc(C(F)(F)F)cn2)C[C@H](C)N1C(=O)NC1CC2(C1)CN(Cc1ccc(C(N)=O)cc1)C2. The van der Waals surface area contributed by atoms with Crippen LogP contribution >= 0.6 is 0 Å². The molecular weight excluding hydrogens is 499 g/mol. The molecular formula is C26H32F3N7O2. The Morgan fingerprint density at radius 3 is 2.16 bits per heavy atom. The minimum Gasteiger partial charge on any atom is -0.366 e. The normalized spacial score (nSPS) is 23.6. The van der Waals surface area contributed by atoms with Gasteiger partial charge in [0.2, 0.25) is 11.9 Å². The predicted octanol–water partition coefficient (Wildman–Crippen LogP) is 2.87. The lowest BCUT2D eigenvalue weighted by Gasteiger charge is -2.59. The zero-order chi connectivity index (χ0) is 27.2. The Kier molecular flexibility index (Phi) is 6.70. The molecule has 12 heteroatoms. The van der Waals surface area contributed by atoms with Crippen LogP contribution in [0.2, 0.25) is 0 Å². The van der Waals surface area contributed by atoms with Crippen LogP contribution in [0.4, 0.5) is 23.9 Å². The fourth-order valence-corrected chi connectivity index (χ4v) is 6.16. The minimum atomic E-state index is -4.48. The van der Waals surface area contributed by atoms with Gasteiger partial charge in [0.25, 0.3) is 0 Å². The predicted molar refractivity (Wildman–Crippen MR) is 134 cm³/mol. The van der Waals surface area contributed by atoms with E-state index in [0.29, 0.717) is 18.7 Å². The minimum absolute atomic E-state index is 0.108. The van der Waals surface area contributed by atoms with Crippen molar-refractivity contribution < 1.29 is 22.8 Å². The van der Waals surface area contributed by atoms with Crippen molar-refractivity contribution in [3.8, 4) is 0 Å². The molecule has 1 aromatic heterocycles. The van der Waals surface area contributed by atoms with Gasteiger partial charge in [-0.2, -0.15) is 13.2 Å². The number of hydrogen-bond donors (Lipinski definition) is 2. The lowest BCUT2D eigenvalue weighted by Crippen LogP contribution is -2.68. The smallest absolute Gasteiger partial charge is 0.366 e. The molecule has 2 atom stereocenters. The molecule has 3 N–H and O–H groups in total. The van der Waals surface area contributed by atoms with Gasteiger partial charge in [0, 0.05) is 68.8 Å². The van der Waals surface area contributed by atoms with E-state index in [1.807, 2.05) is 35.8 Å². The standard InChI is InChI=1S/C26H32F3N7O2/c1-16-11-35(23-31-9-20(10-32-23)26(27,28)29)12-17(2)36(16)24(38)33-21-7-25(8-21)14-34(15-25)13-18-3-5-19(6-4-18)22(30)37/h3-6,9-10,16-17,21H,7-8,11-15H2,1-2H3,(H2,30,37)(H,33,38)/t16-,17+. The molecule has 2 aliphatic heterocycles. The number of urea groups is 1. The third-order valence-electron chi connectivity index (χ3n) is 7.85. The van der Waals surface area contributed by atoms with Gasteiger partial charge in [-0.05, 0) is 49.8 Å². The number of primary amides is 1. The van der Waals surface area contributed by atoms with Crippen molar-refractivity contribution in [2.45, 2.75) is 57.5 Å². The second kappa shape index (κ2) is 9.72. The van der Waals surface area contributed by atoms with Gasteiger partial charge >= 0.3 is 12.2 Å². The van der Waals surface area contributed by atoms with Crippen LogP contribution < -0.4 is 16.0 Å². The Morgan fingerprint density at radius 2 is 1.63 bits per heavy atom. The molecule has 3 aliphatic rings. The molecule has 204 valence electrons. The molecule has 5 rings (SSSR count). The Labute approximate surface area is 219 Å². The van der Waals surface area contributed by atoms with E-state index >= 15 is 0 Å². The number of likely N-dealkylation sites (tertiary alicyclic amines) is 1. The number of hydrogen-bond acceptors (Lipinski definition) is 6. The van der Waals surface area contributed by atoms with E-state index in [1.165, 1.54) is 0 Å². The summed E-state index contributed by atoms with van der Waals surface area (Å²) in [6.07, 6.45) is -1.00. The maximum atomic E-state index is 13.1. The van der Waals surface area contributed by atoms with Crippen LogP contribution in [0, 0.1) is 5.41 Å². The van der Waals surface area contributed by atoms with E-state index in [2.05, 4.69) is 20.2 Å². The zero-order valence-electron chi connectivity index (χ0n) is 21.4.